The van der Waals surface area contributed by atoms with Gasteiger partial charge in [0.15, 0.2) is 5.82 Å². The zero-order valence-corrected chi connectivity index (χ0v) is 18.2. The Hall–Kier alpha value is -3.52. The number of benzene rings is 1. The third-order valence-electron chi connectivity index (χ3n) is 5.64. The van der Waals surface area contributed by atoms with Gasteiger partial charge in [-0.3, -0.25) is 9.78 Å². The molecule has 3 N–H and O–H groups in total. The molecule has 32 heavy (non-hydrogen) atoms. The highest BCUT2D eigenvalue weighted by atomic mass is 35.5. The molecule has 2 atom stereocenters. The predicted molar refractivity (Wildman–Crippen MR) is 126 cm³/mol. The number of amides is 1. The standard InChI is InChI=1S/C23H22ClN7O/c1-13(29-23-21-18(27-12-28-23)6-3-9-25-21)16-10-14-4-2-5-17(24)20(14)31-22(16)26-11-15-7-8-19(32)30-15/h2-6,9-10,12-13,15H,7-8,11H2,1H3,(H,26,31)(H,30,32)(H,27,28,29)/t13-,15?/m0/s1. The minimum absolute atomic E-state index is 0.0809. The summed E-state index contributed by atoms with van der Waals surface area (Å²) in [6.45, 7) is 2.64. The quantitative estimate of drug-likeness (QED) is 0.409. The smallest absolute Gasteiger partial charge is 0.220 e. The summed E-state index contributed by atoms with van der Waals surface area (Å²) in [4.78, 5) is 29.5. The van der Waals surface area contributed by atoms with Crippen molar-refractivity contribution in [1.82, 2.24) is 25.3 Å². The van der Waals surface area contributed by atoms with Gasteiger partial charge in [-0.2, -0.15) is 0 Å². The van der Waals surface area contributed by atoms with Crippen molar-refractivity contribution in [2.45, 2.75) is 31.8 Å². The fourth-order valence-electron chi connectivity index (χ4n) is 3.98. The number of hydrogen-bond acceptors (Lipinski definition) is 7. The zero-order chi connectivity index (χ0) is 22.1. The summed E-state index contributed by atoms with van der Waals surface area (Å²) < 4.78 is 0. The monoisotopic (exact) mass is 447 g/mol. The molecule has 1 aromatic carbocycles. The molecule has 0 spiro atoms. The molecule has 1 saturated heterocycles. The van der Waals surface area contributed by atoms with Crippen molar-refractivity contribution >= 4 is 51.1 Å². The second-order valence-corrected chi connectivity index (χ2v) is 8.29. The average Bonchev–Trinajstić information content (AvgIpc) is 3.23. The predicted octanol–water partition coefficient (Wildman–Crippen LogP) is 4.09. The first-order valence-corrected chi connectivity index (χ1v) is 10.9. The Bertz CT molecular complexity index is 1310. The molecule has 0 radical (unpaired) electrons. The van der Waals surface area contributed by atoms with E-state index in [9.17, 15) is 4.79 Å². The van der Waals surface area contributed by atoms with Gasteiger partial charge in [0.25, 0.3) is 0 Å². The highest BCUT2D eigenvalue weighted by molar-refractivity contribution is 6.35. The molecule has 1 unspecified atom stereocenters. The van der Waals surface area contributed by atoms with Crippen LogP contribution in [-0.2, 0) is 4.79 Å². The first kappa shape index (κ1) is 20.4. The lowest BCUT2D eigenvalue weighted by molar-refractivity contribution is -0.119. The van der Waals surface area contributed by atoms with Crippen LogP contribution in [0.1, 0.15) is 31.4 Å². The van der Waals surface area contributed by atoms with Crippen molar-refractivity contribution in [2.75, 3.05) is 17.2 Å². The number of nitrogens with zero attached hydrogens (tertiary/aromatic N) is 4. The Labute approximate surface area is 189 Å². The number of halogens is 1. The number of anilines is 2. The van der Waals surface area contributed by atoms with Gasteiger partial charge in [-0.15, -0.1) is 0 Å². The molecule has 0 saturated carbocycles. The third kappa shape index (κ3) is 4.01. The Morgan fingerprint density at radius 1 is 1.16 bits per heavy atom. The van der Waals surface area contributed by atoms with Crippen LogP contribution in [0.4, 0.5) is 11.6 Å². The van der Waals surface area contributed by atoms with E-state index in [4.69, 9.17) is 16.6 Å². The molecule has 3 aromatic heterocycles. The van der Waals surface area contributed by atoms with Crippen LogP contribution in [0, 0.1) is 0 Å². The van der Waals surface area contributed by atoms with Gasteiger partial charge in [0.2, 0.25) is 5.91 Å². The van der Waals surface area contributed by atoms with Crippen molar-refractivity contribution < 1.29 is 4.79 Å². The number of carbonyl (C=O) groups excluding carboxylic acids is 1. The molecule has 0 aliphatic carbocycles. The highest BCUT2D eigenvalue weighted by Crippen LogP contribution is 2.31. The summed E-state index contributed by atoms with van der Waals surface area (Å²) in [6, 6.07) is 11.5. The summed E-state index contributed by atoms with van der Waals surface area (Å²) in [7, 11) is 0. The summed E-state index contributed by atoms with van der Waals surface area (Å²) in [5.74, 6) is 1.46. The first-order valence-electron chi connectivity index (χ1n) is 10.5. The van der Waals surface area contributed by atoms with Crippen molar-refractivity contribution in [3.05, 3.63) is 59.5 Å². The molecule has 1 amide bonds. The van der Waals surface area contributed by atoms with Crippen molar-refractivity contribution in [3.8, 4) is 0 Å². The number of hydrogen-bond donors (Lipinski definition) is 3. The number of rotatable bonds is 6. The minimum Gasteiger partial charge on any atom is -0.368 e. The van der Waals surface area contributed by atoms with Gasteiger partial charge in [-0.05, 0) is 37.6 Å². The van der Waals surface area contributed by atoms with Crippen LogP contribution in [0.25, 0.3) is 21.9 Å². The summed E-state index contributed by atoms with van der Waals surface area (Å²) in [5, 5.41) is 11.4. The maximum Gasteiger partial charge on any atom is 0.220 e. The van der Waals surface area contributed by atoms with Gasteiger partial charge < -0.3 is 16.0 Å². The lowest BCUT2D eigenvalue weighted by Gasteiger charge is -2.21. The van der Waals surface area contributed by atoms with Crippen molar-refractivity contribution in [2.24, 2.45) is 0 Å². The number of nitrogens with one attached hydrogen (secondary N) is 3. The van der Waals surface area contributed by atoms with E-state index in [-0.39, 0.29) is 18.0 Å². The fourth-order valence-corrected chi connectivity index (χ4v) is 4.21. The molecule has 9 heteroatoms. The van der Waals surface area contributed by atoms with Crippen LogP contribution in [-0.4, -0.2) is 38.4 Å². The van der Waals surface area contributed by atoms with Crippen LogP contribution in [0.3, 0.4) is 0 Å². The van der Waals surface area contributed by atoms with Gasteiger partial charge in [0, 0.05) is 36.2 Å². The first-order chi connectivity index (χ1) is 15.6. The molecule has 4 heterocycles. The number of aromatic nitrogens is 4. The summed E-state index contributed by atoms with van der Waals surface area (Å²) >= 11 is 6.41. The zero-order valence-electron chi connectivity index (χ0n) is 17.5. The lowest BCUT2D eigenvalue weighted by Crippen LogP contribution is -2.32. The largest absolute Gasteiger partial charge is 0.368 e. The normalized spacial score (nSPS) is 16.8. The number of pyridine rings is 2. The lowest BCUT2D eigenvalue weighted by atomic mass is 10.1. The maximum atomic E-state index is 11.6. The van der Waals surface area contributed by atoms with Gasteiger partial charge >= 0.3 is 0 Å². The number of para-hydroxylation sites is 1. The Kier molecular flexibility index (Phi) is 5.45. The van der Waals surface area contributed by atoms with E-state index in [0.717, 1.165) is 34.2 Å². The van der Waals surface area contributed by atoms with Crippen LogP contribution >= 0.6 is 11.6 Å². The van der Waals surface area contributed by atoms with E-state index < -0.39 is 0 Å². The van der Waals surface area contributed by atoms with E-state index in [1.54, 1.807) is 6.20 Å². The molecular weight excluding hydrogens is 426 g/mol. The Morgan fingerprint density at radius 3 is 2.91 bits per heavy atom. The number of carbonyl (C=O) groups is 1. The van der Waals surface area contributed by atoms with Crippen molar-refractivity contribution in [1.29, 1.82) is 0 Å². The molecule has 4 aromatic rings. The average molecular weight is 448 g/mol. The van der Waals surface area contributed by atoms with E-state index in [0.29, 0.717) is 29.3 Å². The Morgan fingerprint density at radius 2 is 2.06 bits per heavy atom. The van der Waals surface area contributed by atoms with E-state index in [1.165, 1.54) is 6.33 Å². The second kappa shape index (κ2) is 8.55. The van der Waals surface area contributed by atoms with E-state index >= 15 is 0 Å². The molecule has 1 aliphatic heterocycles. The van der Waals surface area contributed by atoms with Gasteiger partial charge in [-0.1, -0.05) is 23.7 Å². The second-order valence-electron chi connectivity index (χ2n) is 7.88. The SMILES string of the molecule is C[C@H](Nc1ncnc2cccnc12)c1cc2cccc(Cl)c2nc1NCC1CCC(=O)N1. The van der Waals surface area contributed by atoms with Crippen LogP contribution < -0.4 is 16.0 Å². The minimum atomic E-state index is -0.133. The third-order valence-corrected chi connectivity index (χ3v) is 5.95. The molecular formula is C23H22ClN7O. The molecule has 5 rings (SSSR count). The fraction of sp³-hybridized carbons (Fsp3) is 0.261. The van der Waals surface area contributed by atoms with Crippen LogP contribution in [0.5, 0.6) is 0 Å². The molecule has 0 bridgehead atoms. The van der Waals surface area contributed by atoms with Crippen LogP contribution in [0.15, 0.2) is 48.9 Å². The van der Waals surface area contributed by atoms with Gasteiger partial charge in [-0.25, -0.2) is 15.0 Å². The van der Waals surface area contributed by atoms with Gasteiger partial charge in [0.1, 0.15) is 17.7 Å². The molecule has 1 fully saturated rings. The van der Waals surface area contributed by atoms with Crippen LogP contribution in [0.2, 0.25) is 5.02 Å². The summed E-state index contributed by atoms with van der Waals surface area (Å²) in [5.41, 5.74) is 3.18. The summed E-state index contributed by atoms with van der Waals surface area (Å²) in [6.07, 6.45) is 4.62. The Balaban J connectivity index is 1.49. The highest BCUT2D eigenvalue weighted by Gasteiger charge is 2.22. The molecule has 8 nitrogen and oxygen atoms in total. The van der Waals surface area contributed by atoms with Crippen molar-refractivity contribution in [3.63, 3.8) is 0 Å². The maximum absolute atomic E-state index is 11.6. The number of fused-ring (bicyclic) bond motifs is 2. The van der Waals surface area contributed by atoms with E-state index in [1.807, 2.05) is 37.3 Å². The topological polar surface area (TPSA) is 105 Å². The molecule has 162 valence electrons. The molecule has 1 aliphatic rings. The van der Waals surface area contributed by atoms with Gasteiger partial charge in [0.05, 0.1) is 22.1 Å². The van der Waals surface area contributed by atoms with E-state index in [2.05, 4.69) is 37.0 Å².